The molecule has 29 heavy (non-hydrogen) atoms. The first-order valence-electron chi connectivity index (χ1n) is 9.15. The molecule has 1 unspecified atom stereocenters. The summed E-state index contributed by atoms with van der Waals surface area (Å²) in [4.78, 5) is 35.3. The first-order valence-corrected chi connectivity index (χ1v) is 9.15. The molecule has 2 aromatic carbocycles. The lowest BCUT2D eigenvalue weighted by Gasteiger charge is -2.18. The monoisotopic (exact) mass is 398 g/mol. The molecule has 0 aliphatic carbocycles. The Bertz CT molecular complexity index is 881. The normalized spacial score (nSPS) is 11.3. The van der Waals surface area contributed by atoms with Gasteiger partial charge in [0.1, 0.15) is 5.75 Å². The van der Waals surface area contributed by atoms with Gasteiger partial charge in [-0.15, -0.1) is 0 Å². The third kappa shape index (κ3) is 7.17. The second kappa shape index (κ2) is 10.1. The van der Waals surface area contributed by atoms with Crippen LogP contribution in [0.3, 0.4) is 0 Å². The summed E-state index contributed by atoms with van der Waals surface area (Å²) in [5.74, 6) is -0.421. The van der Waals surface area contributed by atoms with Crippen molar-refractivity contribution in [2.75, 3.05) is 6.61 Å². The van der Waals surface area contributed by atoms with Crippen molar-refractivity contribution < 1.29 is 19.1 Å². The molecule has 0 bridgehead atoms. The Morgan fingerprint density at radius 1 is 0.931 bits per heavy atom. The molecule has 0 aromatic heterocycles. The number of hydrogen-bond acceptors (Lipinski definition) is 4. The number of nitrogens with two attached hydrogens (primary N) is 1. The van der Waals surface area contributed by atoms with Gasteiger partial charge < -0.3 is 15.8 Å². The zero-order valence-electron chi connectivity index (χ0n) is 16.7. The second-order valence-electron chi connectivity index (χ2n) is 6.81. The number of hydrazine groups is 1. The van der Waals surface area contributed by atoms with Gasteiger partial charge in [0.2, 0.25) is 5.91 Å². The molecule has 0 spiro atoms. The number of carbonyl (C=O) groups excluding carboxylic acids is 3. The highest BCUT2D eigenvalue weighted by molar-refractivity contribution is 5.83. The Morgan fingerprint density at radius 3 is 2.21 bits per heavy atom. The van der Waals surface area contributed by atoms with Gasteiger partial charge in [0.15, 0.2) is 6.61 Å². The summed E-state index contributed by atoms with van der Waals surface area (Å²) in [6, 6.07) is 11.5. The topological polar surface area (TPSA) is 123 Å². The highest BCUT2D eigenvalue weighted by Crippen LogP contribution is 2.18. The molecule has 8 heteroatoms. The van der Waals surface area contributed by atoms with Gasteiger partial charge in [-0.25, -0.2) is 4.79 Å². The maximum absolute atomic E-state index is 12.2. The molecule has 8 nitrogen and oxygen atoms in total. The highest BCUT2D eigenvalue weighted by Gasteiger charge is 2.18. The summed E-state index contributed by atoms with van der Waals surface area (Å²) in [5.41, 5.74) is 13.8. The molecule has 0 saturated heterocycles. The van der Waals surface area contributed by atoms with E-state index in [1.54, 1.807) is 18.2 Å². The van der Waals surface area contributed by atoms with Crippen molar-refractivity contribution in [1.82, 2.24) is 16.2 Å². The maximum Gasteiger partial charge on any atom is 0.312 e. The number of primary amides is 1. The fourth-order valence-electron chi connectivity index (χ4n) is 2.59. The predicted molar refractivity (Wildman–Crippen MR) is 109 cm³/mol. The van der Waals surface area contributed by atoms with E-state index in [1.165, 1.54) is 0 Å². The Morgan fingerprint density at radius 2 is 1.59 bits per heavy atom. The van der Waals surface area contributed by atoms with Gasteiger partial charge in [0, 0.05) is 0 Å². The first-order chi connectivity index (χ1) is 13.7. The lowest BCUT2D eigenvalue weighted by Crippen LogP contribution is -2.45. The zero-order valence-corrected chi connectivity index (χ0v) is 16.7. The molecule has 0 fully saturated rings. The van der Waals surface area contributed by atoms with Gasteiger partial charge in [0.05, 0.1) is 12.5 Å². The standard InChI is InChI=1S/C21H26N4O4/c1-13-4-7-16(8-5-13)18(23-21(22)28)11-19(26)24-25-20(27)12-29-17-9-6-14(2)15(3)10-17/h4-10,18H,11-12H2,1-3H3,(H,24,26)(H,25,27)(H3,22,23,28). The Labute approximate surface area is 169 Å². The second-order valence-corrected chi connectivity index (χ2v) is 6.81. The largest absolute Gasteiger partial charge is 0.484 e. The van der Waals surface area contributed by atoms with Crippen molar-refractivity contribution in [3.8, 4) is 5.75 Å². The lowest BCUT2D eigenvalue weighted by molar-refractivity contribution is -0.130. The number of urea groups is 1. The Balaban J connectivity index is 1.84. The Kier molecular flexibility index (Phi) is 7.59. The van der Waals surface area contributed by atoms with Crippen LogP contribution in [-0.4, -0.2) is 24.5 Å². The van der Waals surface area contributed by atoms with Crippen molar-refractivity contribution in [3.63, 3.8) is 0 Å². The Hall–Kier alpha value is -3.55. The summed E-state index contributed by atoms with van der Waals surface area (Å²) in [5, 5.41) is 2.53. The summed E-state index contributed by atoms with van der Waals surface area (Å²) in [6.45, 7) is 5.62. The number of aryl methyl sites for hydroxylation is 3. The van der Waals surface area contributed by atoms with Gasteiger partial charge in [0.25, 0.3) is 5.91 Å². The molecule has 0 saturated carbocycles. The number of rotatable bonds is 7. The smallest absolute Gasteiger partial charge is 0.312 e. The molecular weight excluding hydrogens is 372 g/mol. The van der Waals surface area contributed by atoms with Crippen LogP contribution in [0.1, 0.15) is 34.7 Å². The zero-order chi connectivity index (χ0) is 21.4. The molecule has 2 aromatic rings. The van der Waals surface area contributed by atoms with Crippen LogP contribution in [0, 0.1) is 20.8 Å². The maximum atomic E-state index is 12.2. The van der Waals surface area contributed by atoms with E-state index in [2.05, 4.69) is 16.2 Å². The van der Waals surface area contributed by atoms with Crippen molar-refractivity contribution >= 4 is 17.8 Å². The van der Waals surface area contributed by atoms with E-state index in [4.69, 9.17) is 10.5 Å². The molecule has 4 amide bonds. The van der Waals surface area contributed by atoms with Crippen LogP contribution < -0.4 is 26.6 Å². The van der Waals surface area contributed by atoms with Gasteiger partial charge >= 0.3 is 6.03 Å². The average Bonchev–Trinajstić information content (AvgIpc) is 2.67. The number of nitrogens with one attached hydrogen (secondary N) is 3. The van der Waals surface area contributed by atoms with E-state index in [-0.39, 0.29) is 13.0 Å². The van der Waals surface area contributed by atoms with E-state index in [9.17, 15) is 14.4 Å². The molecule has 0 heterocycles. The van der Waals surface area contributed by atoms with Crippen LogP contribution in [0.4, 0.5) is 4.79 Å². The number of ether oxygens (including phenoxy) is 1. The van der Waals surface area contributed by atoms with Gasteiger partial charge in [-0.2, -0.15) is 0 Å². The van der Waals surface area contributed by atoms with E-state index in [0.717, 1.165) is 22.3 Å². The molecule has 2 rings (SSSR count). The highest BCUT2D eigenvalue weighted by atomic mass is 16.5. The fourth-order valence-corrected chi connectivity index (χ4v) is 2.59. The van der Waals surface area contributed by atoms with Crippen molar-refractivity contribution in [2.45, 2.75) is 33.2 Å². The number of amides is 4. The van der Waals surface area contributed by atoms with Gasteiger partial charge in [-0.3, -0.25) is 20.4 Å². The van der Waals surface area contributed by atoms with Crippen molar-refractivity contribution in [1.29, 1.82) is 0 Å². The lowest BCUT2D eigenvalue weighted by atomic mass is 10.0. The van der Waals surface area contributed by atoms with E-state index < -0.39 is 23.9 Å². The van der Waals surface area contributed by atoms with Crippen LogP contribution >= 0.6 is 0 Å². The third-order valence-corrected chi connectivity index (χ3v) is 4.38. The number of benzene rings is 2. The van der Waals surface area contributed by atoms with Crippen LogP contribution in [0.2, 0.25) is 0 Å². The van der Waals surface area contributed by atoms with E-state index in [0.29, 0.717) is 5.75 Å². The van der Waals surface area contributed by atoms with Gasteiger partial charge in [-0.1, -0.05) is 35.9 Å². The van der Waals surface area contributed by atoms with Crippen LogP contribution in [0.5, 0.6) is 5.75 Å². The van der Waals surface area contributed by atoms with E-state index in [1.807, 2.05) is 45.0 Å². The minimum absolute atomic E-state index is 0.0930. The quantitative estimate of drug-likeness (QED) is 0.532. The number of carbonyl (C=O) groups is 3. The molecule has 0 aliphatic rings. The molecular formula is C21H26N4O4. The average molecular weight is 398 g/mol. The minimum atomic E-state index is -0.741. The van der Waals surface area contributed by atoms with E-state index >= 15 is 0 Å². The molecule has 0 aliphatic heterocycles. The summed E-state index contributed by atoms with van der Waals surface area (Å²) in [7, 11) is 0. The SMILES string of the molecule is Cc1ccc(C(CC(=O)NNC(=O)COc2ccc(C)c(C)c2)NC(N)=O)cc1. The van der Waals surface area contributed by atoms with Crippen molar-refractivity contribution in [2.24, 2.45) is 5.73 Å². The summed E-state index contributed by atoms with van der Waals surface area (Å²) in [6.07, 6.45) is -0.0930. The first kappa shape index (κ1) is 21.7. The fraction of sp³-hybridized carbons (Fsp3) is 0.286. The van der Waals surface area contributed by atoms with Crippen LogP contribution in [0.25, 0.3) is 0 Å². The molecule has 0 radical (unpaired) electrons. The summed E-state index contributed by atoms with van der Waals surface area (Å²) >= 11 is 0. The number of hydrogen-bond donors (Lipinski definition) is 4. The summed E-state index contributed by atoms with van der Waals surface area (Å²) < 4.78 is 5.41. The van der Waals surface area contributed by atoms with Crippen LogP contribution in [0.15, 0.2) is 42.5 Å². The molecule has 154 valence electrons. The predicted octanol–water partition coefficient (Wildman–Crippen LogP) is 1.94. The van der Waals surface area contributed by atoms with Crippen LogP contribution in [-0.2, 0) is 9.59 Å². The van der Waals surface area contributed by atoms with Crippen molar-refractivity contribution in [3.05, 3.63) is 64.7 Å². The third-order valence-electron chi connectivity index (χ3n) is 4.38. The molecule has 1 atom stereocenters. The van der Waals surface area contributed by atoms with Gasteiger partial charge in [-0.05, 0) is 49.6 Å². The minimum Gasteiger partial charge on any atom is -0.484 e. The molecule has 5 N–H and O–H groups in total.